The van der Waals surface area contributed by atoms with Crippen LogP contribution in [0.15, 0.2) is 23.2 Å². The molecule has 0 aromatic carbocycles. The van der Waals surface area contributed by atoms with Gasteiger partial charge in [0.2, 0.25) is 11.8 Å². The maximum atomic E-state index is 12.6. The summed E-state index contributed by atoms with van der Waals surface area (Å²) in [6.07, 6.45) is 5.93. The van der Waals surface area contributed by atoms with Gasteiger partial charge in [0.05, 0.1) is 11.0 Å². The molecular weight excluding hydrogens is 624 g/mol. The number of carbonyl (C=O) groups is 1. The molecule has 2 saturated heterocycles. The van der Waals surface area contributed by atoms with E-state index in [-0.39, 0.29) is 36.0 Å². The van der Waals surface area contributed by atoms with Crippen LogP contribution in [0.25, 0.3) is 11.5 Å². The second-order valence-electron chi connectivity index (χ2n) is 13.1. The molecule has 0 radical (unpaired) electrons. The van der Waals surface area contributed by atoms with Gasteiger partial charge in [-0.2, -0.15) is 10.2 Å². The van der Waals surface area contributed by atoms with Crippen LogP contribution in [0.1, 0.15) is 75.1 Å². The van der Waals surface area contributed by atoms with Gasteiger partial charge in [0.15, 0.2) is 17.3 Å². The Hall–Kier alpha value is -3.66. The van der Waals surface area contributed by atoms with Gasteiger partial charge in [-0.3, -0.25) is 9.69 Å². The number of hydrogen-bond donors (Lipinski definition) is 1. The normalized spacial score (nSPS) is 25.6. The highest BCUT2D eigenvalue weighted by Crippen LogP contribution is 2.49. The molecule has 5 atom stereocenters. The van der Waals surface area contributed by atoms with Gasteiger partial charge in [-0.15, -0.1) is 11.3 Å². The Kier molecular flexibility index (Phi) is 8.78. The summed E-state index contributed by atoms with van der Waals surface area (Å²) in [4.78, 5) is 29.7. The molecule has 0 saturated carbocycles. The molecule has 0 spiro atoms. The number of nitrogen functional groups attached to an aromatic ring is 1. The SMILES string of the molecule is C=CC(=O)N1[C@@H](C)CN(c2nc(-c3cc([C@@]4(C)CCCc5sc(N)c(C#N)c54)on3)nc(O[C@@H](C)[C@@H]3CCCN3C)c2Cl)C[C@@H]1C. The molecule has 3 aliphatic rings. The molecule has 11 nitrogen and oxygen atoms in total. The number of nitriles is 1. The molecule has 13 heteroatoms. The van der Waals surface area contributed by atoms with Crippen molar-refractivity contribution in [3.05, 3.63) is 45.5 Å². The first-order valence-electron chi connectivity index (χ1n) is 15.9. The zero-order valence-electron chi connectivity index (χ0n) is 27.0. The molecule has 2 aliphatic heterocycles. The first-order chi connectivity index (χ1) is 22.0. The van der Waals surface area contributed by atoms with Crippen LogP contribution in [0.3, 0.4) is 0 Å². The summed E-state index contributed by atoms with van der Waals surface area (Å²) in [5, 5.41) is 15.2. The minimum Gasteiger partial charge on any atom is -0.472 e. The molecule has 5 heterocycles. The Bertz CT molecular complexity index is 1690. The standard InChI is InChI=1S/C33H41ClN8O3S/c1-7-26(43)42-18(2)16-41(17-19(42)3)31-28(34)32(44-20(4)23-10-9-13-40(23)6)38-30(37-31)22-14-25(45-39-22)33(5)12-8-11-24-27(33)21(15-35)29(36)46-24/h7,14,18-20,23H,1,8-13,16-17,36H2,2-6H3/t18-,19-,20-,23-,33+/m0/s1. The van der Waals surface area contributed by atoms with Crippen molar-refractivity contribution in [3.63, 3.8) is 0 Å². The Morgan fingerprint density at radius 2 is 2.07 bits per heavy atom. The third kappa shape index (κ3) is 5.52. The van der Waals surface area contributed by atoms with E-state index < -0.39 is 5.41 Å². The van der Waals surface area contributed by atoms with Gasteiger partial charge < -0.3 is 24.8 Å². The number of carbonyl (C=O) groups excluding carboxylic acids is 1. The summed E-state index contributed by atoms with van der Waals surface area (Å²) in [6, 6.07) is 4.20. The molecule has 6 rings (SSSR count). The van der Waals surface area contributed by atoms with Gasteiger partial charge in [-0.25, -0.2) is 4.98 Å². The quantitative estimate of drug-likeness (QED) is 0.326. The maximum Gasteiger partial charge on any atom is 0.246 e. The average molecular weight is 665 g/mol. The largest absolute Gasteiger partial charge is 0.472 e. The van der Waals surface area contributed by atoms with Crippen LogP contribution < -0.4 is 15.4 Å². The van der Waals surface area contributed by atoms with Crippen molar-refractivity contribution in [1.82, 2.24) is 24.9 Å². The number of fused-ring (bicyclic) bond motifs is 1. The molecular formula is C33H41ClN8O3S. The summed E-state index contributed by atoms with van der Waals surface area (Å²) < 4.78 is 12.5. The molecule has 0 unspecified atom stereocenters. The second-order valence-corrected chi connectivity index (χ2v) is 14.6. The molecule has 46 heavy (non-hydrogen) atoms. The number of thiophene rings is 1. The van der Waals surface area contributed by atoms with E-state index in [9.17, 15) is 10.1 Å². The van der Waals surface area contributed by atoms with Gasteiger partial charge in [0.25, 0.3) is 0 Å². The monoisotopic (exact) mass is 664 g/mol. The fourth-order valence-electron chi connectivity index (χ4n) is 7.62. The Morgan fingerprint density at radius 1 is 1.33 bits per heavy atom. The lowest BCUT2D eigenvalue weighted by molar-refractivity contribution is -0.130. The van der Waals surface area contributed by atoms with Gasteiger partial charge in [-0.05, 0) is 85.0 Å². The van der Waals surface area contributed by atoms with Crippen LogP contribution in [0.2, 0.25) is 5.02 Å². The first-order valence-corrected chi connectivity index (χ1v) is 17.1. The number of hydrogen-bond acceptors (Lipinski definition) is 11. The minimum atomic E-state index is -0.576. The molecule has 3 aromatic rings. The van der Waals surface area contributed by atoms with Crippen molar-refractivity contribution in [2.45, 2.75) is 89.4 Å². The lowest BCUT2D eigenvalue weighted by Crippen LogP contribution is -2.58. The first kappa shape index (κ1) is 32.3. The second kappa shape index (κ2) is 12.5. The molecule has 1 aliphatic carbocycles. The number of ether oxygens (including phenoxy) is 1. The summed E-state index contributed by atoms with van der Waals surface area (Å²) >= 11 is 8.55. The van der Waals surface area contributed by atoms with Crippen LogP contribution in [-0.4, -0.2) is 81.7 Å². The van der Waals surface area contributed by atoms with Crippen LogP contribution >= 0.6 is 22.9 Å². The van der Waals surface area contributed by atoms with E-state index in [0.717, 1.165) is 49.1 Å². The molecule has 2 fully saturated rings. The van der Waals surface area contributed by atoms with Crippen molar-refractivity contribution in [2.75, 3.05) is 37.3 Å². The van der Waals surface area contributed by atoms with E-state index in [1.165, 1.54) is 17.4 Å². The fourth-order valence-corrected chi connectivity index (χ4v) is 9.06. The van der Waals surface area contributed by atoms with E-state index in [2.05, 4.69) is 41.6 Å². The third-order valence-corrected chi connectivity index (χ3v) is 11.3. The number of anilines is 2. The number of aryl methyl sites for hydroxylation is 1. The van der Waals surface area contributed by atoms with Crippen molar-refractivity contribution in [1.29, 1.82) is 5.26 Å². The number of nitrogens with zero attached hydrogens (tertiary/aromatic N) is 7. The minimum absolute atomic E-state index is 0.103. The smallest absolute Gasteiger partial charge is 0.246 e. The highest BCUT2D eigenvalue weighted by Gasteiger charge is 2.42. The van der Waals surface area contributed by atoms with Crippen molar-refractivity contribution in [3.8, 4) is 23.5 Å². The lowest BCUT2D eigenvalue weighted by Gasteiger charge is -2.44. The van der Waals surface area contributed by atoms with Gasteiger partial charge >= 0.3 is 0 Å². The number of aromatic nitrogens is 3. The van der Waals surface area contributed by atoms with Crippen LogP contribution in [-0.2, 0) is 16.6 Å². The molecule has 3 aromatic heterocycles. The Labute approximate surface area is 279 Å². The third-order valence-electron chi connectivity index (χ3n) is 9.90. The van der Waals surface area contributed by atoms with Crippen molar-refractivity contribution < 1.29 is 14.1 Å². The van der Waals surface area contributed by atoms with Crippen molar-refractivity contribution in [2.24, 2.45) is 0 Å². The molecule has 1 amide bonds. The molecule has 244 valence electrons. The number of nitrogens with two attached hydrogens (primary N) is 1. The summed E-state index contributed by atoms with van der Waals surface area (Å²) in [5.74, 6) is 1.65. The van der Waals surface area contributed by atoms with E-state index in [1.807, 2.05) is 31.7 Å². The highest BCUT2D eigenvalue weighted by atomic mass is 35.5. The van der Waals surface area contributed by atoms with E-state index in [1.54, 1.807) is 0 Å². The van der Waals surface area contributed by atoms with E-state index in [4.69, 9.17) is 36.6 Å². The highest BCUT2D eigenvalue weighted by molar-refractivity contribution is 7.16. The van der Waals surface area contributed by atoms with Gasteiger partial charge in [0, 0.05) is 42.2 Å². The lowest BCUT2D eigenvalue weighted by atomic mass is 9.71. The number of likely N-dealkylation sites (N-methyl/N-ethyl adjacent to an activating group) is 1. The predicted octanol–water partition coefficient (Wildman–Crippen LogP) is 5.42. The van der Waals surface area contributed by atoms with E-state index in [0.29, 0.717) is 51.8 Å². The Morgan fingerprint density at radius 3 is 2.72 bits per heavy atom. The topological polar surface area (TPSA) is 138 Å². The summed E-state index contributed by atoms with van der Waals surface area (Å²) in [6.45, 7) is 13.9. The number of likely N-dealkylation sites (tertiary alicyclic amines) is 1. The van der Waals surface area contributed by atoms with Crippen LogP contribution in [0.4, 0.5) is 10.8 Å². The number of halogens is 1. The zero-order chi connectivity index (χ0) is 32.9. The zero-order valence-corrected chi connectivity index (χ0v) is 28.6. The van der Waals surface area contributed by atoms with Crippen LogP contribution in [0, 0.1) is 11.3 Å². The predicted molar refractivity (Wildman–Crippen MR) is 179 cm³/mol. The van der Waals surface area contributed by atoms with Crippen molar-refractivity contribution >= 4 is 39.7 Å². The fraction of sp³-hybridized carbons (Fsp3) is 0.545. The number of amides is 1. The number of piperazine rings is 1. The average Bonchev–Trinajstić information content (AvgIpc) is 3.76. The summed E-state index contributed by atoms with van der Waals surface area (Å²) in [5.41, 5.74) is 7.57. The van der Waals surface area contributed by atoms with Crippen LogP contribution in [0.5, 0.6) is 5.88 Å². The maximum absolute atomic E-state index is 12.6. The Balaban J connectivity index is 1.40. The number of rotatable bonds is 7. The van der Waals surface area contributed by atoms with E-state index >= 15 is 0 Å². The van der Waals surface area contributed by atoms with Gasteiger partial charge in [-0.1, -0.05) is 23.3 Å². The summed E-state index contributed by atoms with van der Waals surface area (Å²) in [7, 11) is 2.11. The molecule has 2 N–H and O–H groups in total. The van der Waals surface area contributed by atoms with Gasteiger partial charge in [0.1, 0.15) is 28.0 Å². The molecule has 0 bridgehead atoms.